The average Bonchev–Trinajstić information content (AvgIpc) is 2.87. The highest BCUT2D eigenvalue weighted by molar-refractivity contribution is 4.95. The van der Waals surface area contributed by atoms with Crippen LogP contribution in [0.5, 0.6) is 0 Å². The van der Waals surface area contributed by atoms with Crippen LogP contribution in [0.15, 0.2) is 4.52 Å². The molecule has 19 heavy (non-hydrogen) atoms. The molecule has 1 heterocycles. The molecule has 0 atom stereocenters. The fourth-order valence-corrected chi connectivity index (χ4v) is 2.85. The van der Waals surface area contributed by atoms with E-state index in [1.807, 2.05) is 6.92 Å². The van der Waals surface area contributed by atoms with Gasteiger partial charge in [0.15, 0.2) is 5.82 Å². The van der Waals surface area contributed by atoms with Gasteiger partial charge in [-0.3, -0.25) is 0 Å². The van der Waals surface area contributed by atoms with Crippen molar-refractivity contribution in [3.05, 3.63) is 11.7 Å². The van der Waals surface area contributed by atoms with Gasteiger partial charge in [0.05, 0.1) is 6.61 Å². The summed E-state index contributed by atoms with van der Waals surface area (Å²) in [6, 6.07) is 0. The second-order valence-corrected chi connectivity index (χ2v) is 5.49. The first-order valence-electron chi connectivity index (χ1n) is 7.37. The molecule has 0 spiro atoms. The standard InChI is InChI=1S/C14H25N3O2/c1-2-18-9-6-12-16-13(19-17-12)10-14(11-15)7-4-3-5-8-14/h2-11,15H2,1H3. The third kappa shape index (κ3) is 4.01. The Hall–Kier alpha value is -0.940. The summed E-state index contributed by atoms with van der Waals surface area (Å²) in [5.41, 5.74) is 6.16. The number of nitrogens with two attached hydrogens (primary N) is 1. The van der Waals surface area contributed by atoms with E-state index in [4.69, 9.17) is 15.0 Å². The minimum Gasteiger partial charge on any atom is -0.381 e. The Balaban J connectivity index is 1.90. The third-order valence-electron chi connectivity index (χ3n) is 4.06. The summed E-state index contributed by atoms with van der Waals surface area (Å²) in [7, 11) is 0. The maximum absolute atomic E-state index is 5.98. The number of nitrogens with zero attached hydrogens (tertiary/aromatic N) is 2. The highest BCUT2D eigenvalue weighted by atomic mass is 16.5. The largest absolute Gasteiger partial charge is 0.381 e. The fraction of sp³-hybridized carbons (Fsp3) is 0.857. The van der Waals surface area contributed by atoms with Crippen LogP contribution in [-0.4, -0.2) is 29.9 Å². The maximum atomic E-state index is 5.98. The number of aromatic nitrogens is 2. The van der Waals surface area contributed by atoms with Crippen molar-refractivity contribution in [1.82, 2.24) is 10.1 Å². The topological polar surface area (TPSA) is 74.2 Å². The van der Waals surface area contributed by atoms with Crippen LogP contribution in [0.3, 0.4) is 0 Å². The molecule has 0 aliphatic heterocycles. The SMILES string of the molecule is CCOCCc1noc(CC2(CN)CCCCC2)n1. The third-order valence-corrected chi connectivity index (χ3v) is 4.06. The highest BCUT2D eigenvalue weighted by Gasteiger charge is 2.32. The predicted molar refractivity (Wildman–Crippen MR) is 72.8 cm³/mol. The molecular formula is C14H25N3O2. The van der Waals surface area contributed by atoms with Gasteiger partial charge in [-0.05, 0) is 31.7 Å². The zero-order valence-electron chi connectivity index (χ0n) is 11.9. The van der Waals surface area contributed by atoms with Crippen LogP contribution in [0, 0.1) is 5.41 Å². The lowest BCUT2D eigenvalue weighted by atomic mass is 9.72. The minimum absolute atomic E-state index is 0.183. The van der Waals surface area contributed by atoms with Crippen LogP contribution in [0.4, 0.5) is 0 Å². The second-order valence-electron chi connectivity index (χ2n) is 5.49. The van der Waals surface area contributed by atoms with Crippen LogP contribution < -0.4 is 5.73 Å². The highest BCUT2D eigenvalue weighted by Crippen LogP contribution is 2.37. The Kier molecular flexibility index (Phi) is 5.34. The molecule has 1 aliphatic rings. The first kappa shape index (κ1) is 14.5. The first-order chi connectivity index (χ1) is 9.28. The summed E-state index contributed by atoms with van der Waals surface area (Å²) >= 11 is 0. The lowest BCUT2D eigenvalue weighted by molar-refractivity contribution is 0.149. The summed E-state index contributed by atoms with van der Waals surface area (Å²) in [6.45, 7) is 4.07. The summed E-state index contributed by atoms with van der Waals surface area (Å²) < 4.78 is 10.6. The Bertz CT molecular complexity index is 373. The molecule has 1 fully saturated rings. The van der Waals surface area contributed by atoms with Gasteiger partial charge in [-0.25, -0.2) is 0 Å². The van der Waals surface area contributed by atoms with E-state index in [1.54, 1.807) is 0 Å². The zero-order chi connectivity index (χ0) is 13.6. The quantitative estimate of drug-likeness (QED) is 0.766. The van der Waals surface area contributed by atoms with Crippen molar-refractivity contribution in [1.29, 1.82) is 0 Å². The van der Waals surface area contributed by atoms with E-state index in [2.05, 4.69) is 10.1 Å². The molecule has 1 saturated carbocycles. The molecule has 1 aromatic rings. The van der Waals surface area contributed by atoms with Gasteiger partial charge in [-0.1, -0.05) is 24.4 Å². The maximum Gasteiger partial charge on any atom is 0.227 e. The van der Waals surface area contributed by atoms with E-state index >= 15 is 0 Å². The summed E-state index contributed by atoms with van der Waals surface area (Å²) in [5.74, 6) is 1.48. The van der Waals surface area contributed by atoms with Crippen LogP contribution >= 0.6 is 0 Å². The number of hydrogen-bond donors (Lipinski definition) is 1. The monoisotopic (exact) mass is 267 g/mol. The Morgan fingerprint density at radius 2 is 2.11 bits per heavy atom. The molecule has 108 valence electrons. The van der Waals surface area contributed by atoms with E-state index in [1.165, 1.54) is 32.1 Å². The van der Waals surface area contributed by atoms with Gasteiger partial charge in [0.25, 0.3) is 0 Å². The second kappa shape index (κ2) is 7.01. The molecule has 0 saturated heterocycles. The number of ether oxygens (including phenoxy) is 1. The Morgan fingerprint density at radius 1 is 1.32 bits per heavy atom. The number of hydrogen-bond acceptors (Lipinski definition) is 5. The molecule has 0 unspecified atom stereocenters. The lowest BCUT2D eigenvalue weighted by Gasteiger charge is -2.34. The van der Waals surface area contributed by atoms with Crippen LogP contribution in [0.1, 0.15) is 50.7 Å². The Labute approximate surface area is 114 Å². The van der Waals surface area contributed by atoms with Gasteiger partial charge in [-0.15, -0.1) is 0 Å². The summed E-state index contributed by atoms with van der Waals surface area (Å²) in [4.78, 5) is 4.46. The van der Waals surface area contributed by atoms with Crippen LogP contribution in [0.2, 0.25) is 0 Å². The Morgan fingerprint density at radius 3 is 2.79 bits per heavy atom. The molecule has 5 heteroatoms. The molecule has 0 radical (unpaired) electrons. The van der Waals surface area contributed by atoms with Gasteiger partial charge in [0, 0.05) is 19.4 Å². The van der Waals surface area contributed by atoms with Crippen molar-refractivity contribution in [2.75, 3.05) is 19.8 Å². The van der Waals surface area contributed by atoms with E-state index < -0.39 is 0 Å². The van der Waals surface area contributed by atoms with E-state index in [0.29, 0.717) is 19.6 Å². The van der Waals surface area contributed by atoms with Crippen LogP contribution in [0.25, 0.3) is 0 Å². The van der Waals surface area contributed by atoms with E-state index in [0.717, 1.165) is 24.7 Å². The molecule has 0 aromatic carbocycles. The predicted octanol–water partition coefficient (Wildman–Crippen LogP) is 2.10. The van der Waals surface area contributed by atoms with Crippen molar-refractivity contribution >= 4 is 0 Å². The normalized spacial score (nSPS) is 18.6. The van der Waals surface area contributed by atoms with Gasteiger partial charge in [0.1, 0.15) is 0 Å². The summed E-state index contributed by atoms with van der Waals surface area (Å²) in [5, 5.41) is 4.01. The first-order valence-corrected chi connectivity index (χ1v) is 7.37. The molecule has 1 aliphatic carbocycles. The van der Waals surface area contributed by atoms with Crippen molar-refractivity contribution in [3.8, 4) is 0 Å². The molecule has 0 amide bonds. The van der Waals surface area contributed by atoms with Crippen molar-refractivity contribution in [2.24, 2.45) is 11.1 Å². The van der Waals surface area contributed by atoms with Crippen molar-refractivity contribution < 1.29 is 9.26 Å². The van der Waals surface area contributed by atoms with Gasteiger partial charge in [0.2, 0.25) is 5.89 Å². The molecule has 5 nitrogen and oxygen atoms in total. The molecule has 1 aromatic heterocycles. The zero-order valence-corrected chi connectivity index (χ0v) is 11.9. The fourth-order valence-electron chi connectivity index (χ4n) is 2.85. The van der Waals surface area contributed by atoms with Crippen molar-refractivity contribution in [3.63, 3.8) is 0 Å². The molecule has 2 N–H and O–H groups in total. The van der Waals surface area contributed by atoms with E-state index in [9.17, 15) is 0 Å². The van der Waals surface area contributed by atoms with E-state index in [-0.39, 0.29) is 5.41 Å². The van der Waals surface area contributed by atoms with Gasteiger partial charge in [-0.2, -0.15) is 4.98 Å². The summed E-state index contributed by atoms with van der Waals surface area (Å²) in [6.07, 6.45) is 7.76. The van der Waals surface area contributed by atoms with Crippen molar-refractivity contribution in [2.45, 2.75) is 51.9 Å². The molecule has 0 bridgehead atoms. The van der Waals surface area contributed by atoms with Gasteiger partial charge >= 0.3 is 0 Å². The average molecular weight is 267 g/mol. The minimum atomic E-state index is 0.183. The smallest absolute Gasteiger partial charge is 0.227 e. The molecule has 2 rings (SSSR count). The van der Waals surface area contributed by atoms with Gasteiger partial charge < -0.3 is 15.0 Å². The number of rotatable bonds is 7. The van der Waals surface area contributed by atoms with Crippen LogP contribution in [-0.2, 0) is 17.6 Å². The molecular weight excluding hydrogens is 242 g/mol. The lowest BCUT2D eigenvalue weighted by Crippen LogP contribution is -2.35.